The van der Waals surface area contributed by atoms with Crippen LogP contribution in [-0.2, 0) is 7.05 Å². The van der Waals surface area contributed by atoms with E-state index in [2.05, 4.69) is 4.98 Å². The summed E-state index contributed by atoms with van der Waals surface area (Å²) in [5.74, 6) is 0.780. The van der Waals surface area contributed by atoms with Gasteiger partial charge in [-0.15, -0.1) is 0 Å². The molecule has 5 heteroatoms. The fourth-order valence-corrected chi connectivity index (χ4v) is 1.37. The van der Waals surface area contributed by atoms with E-state index in [-0.39, 0.29) is 0 Å². The molecular formula is C9H12N5+. The van der Waals surface area contributed by atoms with Gasteiger partial charge in [0.1, 0.15) is 0 Å². The highest BCUT2D eigenvalue weighted by molar-refractivity contribution is 5.37. The summed E-state index contributed by atoms with van der Waals surface area (Å²) < 4.78 is 3.44. The molecular weight excluding hydrogens is 178 g/mol. The fraction of sp³-hybridized carbons (Fsp3) is 0.111. The van der Waals surface area contributed by atoms with Crippen molar-refractivity contribution in [2.24, 2.45) is 7.05 Å². The number of nitrogens with two attached hydrogens (primary N) is 2. The van der Waals surface area contributed by atoms with Crippen LogP contribution in [0.1, 0.15) is 0 Å². The van der Waals surface area contributed by atoms with Gasteiger partial charge in [0, 0.05) is 0 Å². The molecule has 0 aliphatic heterocycles. The number of hydrogen-bond donors (Lipinski definition) is 2. The van der Waals surface area contributed by atoms with Crippen molar-refractivity contribution in [2.75, 3.05) is 11.5 Å². The van der Waals surface area contributed by atoms with E-state index in [1.165, 1.54) is 0 Å². The number of nitrogens with zero attached hydrogens (tertiary/aromatic N) is 3. The first kappa shape index (κ1) is 8.55. The molecule has 0 amide bonds. The first-order valence-electron chi connectivity index (χ1n) is 4.25. The van der Waals surface area contributed by atoms with E-state index in [4.69, 9.17) is 11.5 Å². The maximum Gasteiger partial charge on any atom is 0.410 e. The number of benzene rings is 1. The molecule has 0 saturated heterocycles. The lowest BCUT2D eigenvalue weighted by Crippen LogP contribution is -2.40. The predicted octanol–water partition coefficient (Wildman–Crippen LogP) is -0.139. The van der Waals surface area contributed by atoms with E-state index < -0.39 is 0 Å². The monoisotopic (exact) mass is 190 g/mol. The van der Waals surface area contributed by atoms with E-state index in [0.29, 0.717) is 11.9 Å². The molecule has 0 radical (unpaired) electrons. The van der Waals surface area contributed by atoms with Crippen molar-refractivity contribution in [3.05, 3.63) is 30.3 Å². The molecule has 0 atom stereocenters. The van der Waals surface area contributed by atoms with E-state index in [1.807, 2.05) is 37.4 Å². The Morgan fingerprint density at radius 3 is 2.36 bits per heavy atom. The highest BCUT2D eigenvalue weighted by Gasteiger charge is 2.16. The summed E-state index contributed by atoms with van der Waals surface area (Å²) in [7, 11) is 1.81. The van der Waals surface area contributed by atoms with Gasteiger partial charge in [-0.05, 0) is 17.1 Å². The zero-order chi connectivity index (χ0) is 10.1. The lowest BCUT2D eigenvalue weighted by atomic mass is 10.3. The second-order valence-corrected chi connectivity index (χ2v) is 3.00. The second kappa shape index (κ2) is 3.02. The van der Waals surface area contributed by atoms with Crippen molar-refractivity contribution in [1.82, 2.24) is 9.67 Å². The number of nitrogen functional groups attached to an aromatic ring is 2. The Kier molecular flexibility index (Phi) is 1.85. The third-order valence-corrected chi connectivity index (χ3v) is 2.08. The van der Waals surface area contributed by atoms with Gasteiger partial charge in [-0.2, -0.15) is 9.36 Å². The Hall–Kier alpha value is -2.04. The summed E-state index contributed by atoms with van der Waals surface area (Å²) in [4.78, 5) is 3.97. The minimum Gasteiger partial charge on any atom is -0.353 e. The molecule has 14 heavy (non-hydrogen) atoms. The van der Waals surface area contributed by atoms with Crippen LogP contribution in [0, 0.1) is 0 Å². The van der Waals surface area contributed by atoms with Gasteiger partial charge in [-0.1, -0.05) is 18.2 Å². The summed E-state index contributed by atoms with van der Waals surface area (Å²) in [5.41, 5.74) is 12.3. The summed E-state index contributed by atoms with van der Waals surface area (Å²) in [5, 5.41) is 0. The van der Waals surface area contributed by atoms with Crippen LogP contribution < -0.4 is 16.1 Å². The van der Waals surface area contributed by atoms with Gasteiger partial charge >= 0.3 is 11.9 Å². The minimum absolute atomic E-state index is 0.385. The molecule has 0 unspecified atom stereocenters. The van der Waals surface area contributed by atoms with Gasteiger partial charge in [0.15, 0.2) is 0 Å². The van der Waals surface area contributed by atoms with Crippen molar-refractivity contribution < 1.29 is 4.68 Å². The summed E-state index contributed by atoms with van der Waals surface area (Å²) in [6, 6.07) is 9.70. The molecule has 0 fully saturated rings. The van der Waals surface area contributed by atoms with Gasteiger partial charge in [0.2, 0.25) is 0 Å². The maximum atomic E-state index is 5.73. The Bertz CT molecular complexity index is 446. The molecule has 0 aliphatic rings. The Labute approximate surface area is 81.6 Å². The summed E-state index contributed by atoms with van der Waals surface area (Å²) >= 11 is 0. The molecule has 5 nitrogen and oxygen atoms in total. The first-order chi connectivity index (χ1) is 6.70. The molecule has 72 valence electrons. The molecule has 1 aromatic heterocycles. The highest BCUT2D eigenvalue weighted by Crippen LogP contribution is 2.09. The van der Waals surface area contributed by atoms with Gasteiger partial charge < -0.3 is 5.73 Å². The number of rotatable bonds is 1. The van der Waals surface area contributed by atoms with Crippen molar-refractivity contribution in [2.45, 2.75) is 0 Å². The van der Waals surface area contributed by atoms with Crippen LogP contribution in [0.3, 0.4) is 0 Å². The van der Waals surface area contributed by atoms with Crippen LogP contribution in [0.15, 0.2) is 30.3 Å². The average molecular weight is 190 g/mol. The maximum absolute atomic E-state index is 5.73. The van der Waals surface area contributed by atoms with Crippen molar-refractivity contribution in [3.63, 3.8) is 0 Å². The summed E-state index contributed by atoms with van der Waals surface area (Å²) in [6.45, 7) is 0. The quantitative estimate of drug-likeness (QED) is 0.615. The third-order valence-electron chi connectivity index (χ3n) is 2.08. The minimum atomic E-state index is 0.385. The van der Waals surface area contributed by atoms with Crippen LogP contribution in [0.25, 0.3) is 5.69 Å². The smallest absolute Gasteiger partial charge is 0.353 e. The van der Waals surface area contributed by atoms with Crippen molar-refractivity contribution in [3.8, 4) is 5.69 Å². The zero-order valence-electron chi connectivity index (χ0n) is 7.88. The fourth-order valence-electron chi connectivity index (χ4n) is 1.37. The topological polar surface area (TPSA) is 73.7 Å². The zero-order valence-corrected chi connectivity index (χ0v) is 7.88. The third kappa shape index (κ3) is 1.19. The number of anilines is 2. The molecule has 4 N–H and O–H groups in total. The van der Waals surface area contributed by atoms with Crippen LogP contribution >= 0.6 is 0 Å². The number of hydrogen-bond acceptors (Lipinski definition) is 3. The van der Waals surface area contributed by atoms with Crippen LogP contribution in [-0.4, -0.2) is 9.67 Å². The molecule has 0 aliphatic carbocycles. The predicted molar refractivity (Wildman–Crippen MR) is 53.6 cm³/mol. The van der Waals surface area contributed by atoms with Gasteiger partial charge in [-0.3, -0.25) is 5.73 Å². The molecule has 1 aromatic carbocycles. The molecule has 2 rings (SSSR count). The van der Waals surface area contributed by atoms with Crippen LogP contribution in [0.4, 0.5) is 11.9 Å². The lowest BCUT2D eigenvalue weighted by molar-refractivity contribution is -0.730. The largest absolute Gasteiger partial charge is 0.410 e. The van der Waals surface area contributed by atoms with Gasteiger partial charge in [0.05, 0.1) is 12.7 Å². The van der Waals surface area contributed by atoms with Crippen molar-refractivity contribution in [1.29, 1.82) is 0 Å². The van der Waals surface area contributed by atoms with Crippen molar-refractivity contribution >= 4 is 11.9 Å². The Balaban J connectivity index is 2.62. The van der Waals surface area contributed by atoms with E-state index >= 15 is 0 Å². The lowest BCUT2D eigenvalue weighted by Gasteiger charge is -2.02. The van der Waals surface area contributed by atoms with Crippen LogP contribution in [0.5, 0.6) is 0 Å². The molecule has 2 aromatic rings. The molecule has 0 saturated carbocycles. The van der Waals surface area contributed by atoms with E-state index in [0.717, 1.165) is 5.69 Å². The summed E-state index contributed by atoms with van der Waals surface area (Å²) in [6.07, 6.45) is 0. The SMILES string of the molecule is C[n+]1c(N)nc(N)n1-c1ccccc1. The Morgan fingerprint density at radius 2 is 1.86 bits per heavy atom. The van der Waals surface area contributed by atoms with E-state index in [9.17, 15) is 0 Å². The second-order valence-electron chi connectivity index (χ2n) is 3.00. The normalized spacial score (nSPS) is 10.4. The average Bonchev–Trinajstić information content (AvgIpc) is 2.43. The van der Waals surface area contributed by atoms with E-state index in [1.54, 1.807) is 9.36 Å². The molecule has 1 heterocycles. The van der Waals surface area contributed by atoms with Crippen LogP contribution in [0.2, 0.25) is 0 Å². The number of para-hydroxylation sites is 1. The van der Waals surface area contributed by atoms with Gasteiger partial charge in [0.25, 0.3) is 0 Å². The number of aromatic nitrogens is 3. The Morgan fingerprint density at radius 1 is 1.21 bits per heavy atom. The molecule has 0 bridgehead atoms. The van der Waals surface area contributed by atoms with Gasteiger partial charge in [-0.25, -0.2) is 0 Å². The molecule has 0 spiro atoms. The highest BCUT2D eigenvalue weighted by atomic mass is 15.5. The first-order valence-corrected chi connectivity index (χ1v) is 4.25. The standard InChI is InChI=1S/C9H11N5/c1-13-8(10)12-9(11)14(13)7-5-3-2-4-6-7/h2-6H,1H3,(H3,10,11,12)/p+1.